The van der Waals surface area contributed by atoms with Crippen LogP contribution in [-0.4, -0.2) is 55.3 Å². The molecule has 0 aliphatic carbocycles. The lowest BCUT2D eigenvalue weighted by atomic mass is 9.96. The largest absolute Gasteiger partial charge is 0.306 e. The second-order valence-corrected chi connectivity index (χ2v) is 7.86. The summed E-state index contributed by atoms with van der Waals surface area (Å²) in [6, 6.07) is 8.90. The van der Waals surface area contributed by atoms with Gasteiger partial charge in [-0.05, 0) is 64.0 Å². The molecule has 1 saturated heterocycles. The van der Waals surface area contributed by atoms with Crippen LogP contribution in [0.1, 0.15) is 18.4 Å². The van der Waals surface area contributed by atoms with Gasteiger partial charge in [-0.3, -0.25) is 0 Å². The first-order chi connectivity index (χ1) is 9.70. The highest BCUT2D eigenvalue weighted by atomic mass is 32.2. The summed E-state index contributed by atoms with van der Waals surface area (Å²) in [6.07, 6.45) is 4.00. The van der Waals surface area contributed by atoms with Crippen LogP contribution >= 0.6 is 11.8 Å². The van der Waals surface area contributed by atoms with E-state index in [1.165, 1.54) is 50.3 Å². The lowest BCUT2D eigenvalue weighted by molar-refractivity contribution is 0.176. The molecule has 2 nitrogen and oxygen atoms in total. The Morgan fingerprint density at radius 1 is 1.20 bits per heavy atom. The predicted octanol–water partition coefficient (Wildman–Crippen LogP) is 2.98. The smallest absolute Gasteiger partial charge is 0.0263 e. The van der Waals surface area contributed by atoms with Crippen LogP contribution in [0.15, 0.2) is 29.2 Å². The molecule has 20 heavy (non-hydrogen) atoms. The third kappa shape index (κ3) is 3.57. The van der Waals surface area contributed by atoms with Crippen molar-refractivity contribution in [2.24, 2.45) is 5.92 Å². The zero-order valence-electron chi connectivity index (χ0n) is 12.7. The van der Waals surface area contributed by atoms with Gasteiger partial charge in [0.05, 0.1) is 0 Å². The van der Waals surface area contributed by atoms with Gasteiger partial charge in [0.2, 0.25) is 0 Å². The first kappa shape index (κ1) is 14.4. The van der Waals surface area contributed by atoms with Crippen LogP contribution in [0.2, 0.25) is 0 Å². The average molecular weight is 290 g/mol. The highest BCUT2D eigenvalue weighted by Crippen LogP contribution is 2.37. The zero-order valence-corrected chi connectivity index (χ0v) is 13.5. The van der Waals surface area contributed by atoms with Gasteiger partial charge in [0.15, 0.2) is 0 Å². The summed E-state index contributed by atoms with van der Waals surface area (Å²) in [5.74, 6) is 0.907. The van der Waals surface area contributed by atoms with E-state index in [-0.39, 0.29) is 0 Å². The zero-order chi connectivity index (χ0) is 13.9. The van der Waals surface area contributed by atoms with Gasteiger partial charge in [0.1, 0.15) is 0 Å². The SMILES string of the molecule is CN1CCC(CN(C)CC2Cc3ccccc3S2)CC1. The topological polar surface area (TPSA) is 6.48 Å². The Balaban J connectivity index is 1.45. The molecule has 2 aliphatic rings. The first-order valence-corrected chi connectivity index (χ1v) is 8.70. The minimum Gasteiger partial charge on any atom is -0.306 e. The second kappa shape index (κ2) is 6.50. The third-order valence-electron chi connectivity index (χ3n) is 4.64. The summed E-state index contributed by atoms with van der Waals surface area (Å²) < 4.78 is 0. The number of nitrogens with zero attached hydrogens (tertiary/aromatic N) is 2. The van der Waals surface area contributed by atoms with Crippen LogP contribution in [0, 0.1) is 5.92 Å². The van der Waals surface area contributed by atoms with Crippen molar-refractivity contribution in [2.75, 3.05) is 40.3 Å². The Labute approximate surface area is 127 Å². The van der Waals surface area contributed by atoms with E-state index in [9.17, 15) is 0 Å². The number of benzene rings is 1. The van der Waals surface area contributed by atoms with E-state index in [0.717, 1.165) is 11.2 Å². The molecule has 0 amide bonds. The predicted molar refractivity (Wildman–Crippen MR) is 87.5 cm³/mol. The van der Waals surface area contributed by atoms with Gasteiger partial charge in [-0.1, -0.05) is 18.2 Å². The molecule has 2 heterocycles. The average Bonchev–Trinajstić information content (AvgIpc) is 2.83. The quantitative estimate of drug-likeness (QED) is 0.842. The number of likely N-dealkylation sites (tertiary alicyclic amines) is 1. The van der Waals surface area contributed by atoms with Gasteiger partial charge in [-0.25, -0.2) is 0 Å². The van der Waals surface area contributed by atoms with Crippen LogP contribution in [0.5, 0.6) is 0 Å². The molecule has 0 spiro atoms. The van der Waals surface area contributed by atoms with Crippen LogP contribution < -0.4 is 0 Å². The van der Waals surface area contributed by atoms with Crippen LogP contribution in [0.25, 0.3) is 0 Å². The van der Waals surface area contributed by atoms with Crippen LogP contribution in [0.4, 0.5) is 0 Å². The molecular formula is C17H26N2S. The highest BCUT2D eigenvalue weighted by molar-refractivity contribution is 8.00. The normalized spacial score (nSPS) is 24.2. The molecule has 1 aromatic carbocycles. The summed E-state index contributed by atoms with van der Waals surface area (Å²) in [7, 11) is 4.55. The van der Waals surface area contributed by atoms with Crippen molar-refractivity contribution >= 4 is 11.8 Å². The molecule has 0 aromatic heterocycles. The van der Waals surface area contributed by atoms with Crippen LogP contribution in [0.3, 0.4) is 0 Å². The number of hydrogen-bond acceptors (Lipinski definition) is 3. The molecule has 1 aromatic rings. The van der Waals surface area contributed by atoms with Gasteiger partial charge in [-0.15, -0.1) is 11.8 Å². The summed E-state index contributed by atoms with van der Waals surface area (Å²) in [5, 5.41) is 0.753. The van der Waals surface area contributed by atoms with Gasteiger partial charge in [0, 0.05) is 23.2 Å². The summed E-state index contributed by atoms with van der Waals surface area (Å²) >= 11 is 2.08. The van der Waals surface area contributed by atoms with Crippen LogP contribution in [-0.2, 0) is 6.42 Å². The monoisotopic (exact) mass is 290 g/mol. The Bertz CT molecular complexity index is 415. The van der Waals surface area contributed by atoms with Gasteiger partial charge in [-0.2, -0.15) is 0 Å². The minimum absolute atomic E-state index is 0.753. The van der Waals surface area contributed by atoms with Gasteiger partial charge < -0.3 is 9.80 Å². The second-order valence-electron chi connectivity index (χ2n) is 6.52. The molecule has 1 atom stereocenters. The molecule has 110 valence electrons. The highest BCUT2D eigenvalue weighted by Gasteiger charge is 2.24. The lowest BCUT2D eigenvalue weighted by Gasteiger charge is -2.32. The minimum atomic E-state index is 0.753. The third-order valence-corrected chi connectivity index (χ3v) is 5.94. The Morgan fingerprint density at radius 2 is 1.95 bits per heavy atom. The van der Waals surface area contributed by atoms with E-state index in [1.807, 2.05) is 0 Å². The van der Waals surface area contributed by atoms with Crippen molar-refractivity contribution in [3.05, 3.63) is 29.8 Å². The van der Waals surface area contributed by atoms with E-state index >= 15 is 0 Å². The molecule has 1 unspecified atom stereocenters. The van der Waals surface area contributed by atoms with E-state index < -0.39 is 0 Å². The van der Waals surface area contributed by atoms with E-state index in [2.05, 4.69) is 59.9 Å². The molecule has 0 radical (unpaired) electrons. The van der Waals surface area contributed by atoms with Gasteiger partial charge >= 0.3 is 0 Å². The Morgan fingerprint density at radius 3 is 2.70 bits per heavy atom. The molecule has 0 N–H and O–H groups in total. The van der Waals surface area contributed by atoms with Crippen molar-refractivity contribution in [3.63, 3.8) is 0 Å². The first-order valence-electron chi connectivity index (χ1n) is 7.82. The van der Waals surface area contributed by atoms with Gasteiger partial charge in [0.25, 0.3) is 0 Å². The maximum absolute atomic E-state index is 2.57. The summed E-state index contributed by atoms with van der Waals surface area (Å²) in [4.78, 5) is 6.53. The molecule has 3 rings (SSSR count). The number of piperidine rings is 1. The van der Waals surface area contributed by atoms with Crippen molar-refractivity contribution < 1.29 is 0 Å². The number of thioether (sulfide) groups is 1. The molecule has 2 aliphatic heterocycles. The molecule has 0 saturated carbocycles. The maximum Gasteiger partial charge on any atom is 0.0263 e. The summed E-state index contributed by atoms with van der Waals surface area (Å²) in [5.41, 5.74) is 1.55. The van der Waals surface area contributed by atoms with E-state index in [1.54, 1.807) is 5.56 Å². The molecule has 1 fully saturated rings. The fourth-order valence-corrected chi connectivity index (χ4v) is 4.87. The standard InChI is InChI=1S/C17H26N2S/c1-18-9-7-14(8-10-18)12-19(2)13-16-11-15-5-3-4-6-17(15)20-16/h3-6,14,16H,7-13H2,1-2H3. The Kier molecular flexibility index (Phi) is 4.69. The van der Waals surface area contributed by atoms with Crippen molar-refractivity contribution in [1.29, 1.82) is 0 Å². The van der Waals surface area contributed by atoms with Crippen molar-refractivity contribution in [3.8, 4) is 0 Å². The van der Waals surface area contributed by atoms with Crippen molar-refractivity contribution in [2.45, 2.75) is 29.4 Å². The van der Waals surface area contributed by atoms with E-state index in [0.29, 0.717) is 0 Å². The lowest BCUT2D eigenvalue weighted by Crippen LogP contribution is -2.37. The van der Waals surface area contributed by atoms with Crippen molar-refractivity contribution in [1.82, 2.24) is 9.80 Å². The molecule has 3 heteroatoms. The fraction of sp³-hybridized carbons (Fsp3) is 0.647. The summed E-state index contributed by atoms with van der Waals surface area (Å²) in [6.45, 7) is 5.07. The number of hydrogen-bond donors (Lipinski definition) is 0. The maximum atomic E-state index is 2.57. The number of rotatable bonds is 4. The Hall–Kier alpha value is -0.510. The molecule has 0 bridgehead atoms. The number of fused-ring (bicyclic) bond motifs is 1. The fourth-order valence-electron chi connectivity index (χ4n) is 3.46. The van der Waals surface area contributed by atoms with E-state index in [4.69, 9.17) is 0 Å². The molecular weight excluding hydrogens is 264 g/mol.